The molecule has 1 aliphatic rings. The number of carbonyl (C=O) groups excluding carboxylic acids is 1. The van der Waals surface area contributed by atoms with Gasteiger partial charge in [0.1, 0.15) is 5.76 Å². The van der Waals surface area contributed by atoms with E-state index in [0.717, 1.165) is 30.6 Å². The van der Waals surface area contributed by atoms with Gasteiger partial charge in [-0.05, 0) is 37.1 Å². The zero-order valence-corrected chi connectivity index (χ0v) is 10.7. The summed E-state index contributed by atoms with van der Waals surface area (Å²) in [7, 11) is 0. The fourth-order valence-electron chi connectivity index (χ4n) is 2.35. The summed E-state index contributed by atoms with van der Waals surface area (Å²) in [5, 5.41) is 9.84. The van der Waals surface area contributed by atoms with Crippen LogP contribution in [0.4, 0.5) is 5.82 Å². The van der Waals surface area contributed by atoms with Crippen LogP contribution in [0.15, 0.2) is 28.8 Å². The lowest BCUT2D eigenvalue weighted by Crippen LogP contribution is -2.26. The van der Waals surface area contributed by atoms with Gasteiger partial charge in [-0.2, -0.15) is 0 Å². The van der Waals surface area contributed by atoms with Crippen LogP contribution < -0.4 is 10.6 Å². The van der Waals surface area contributed by atoms with E-state index >= 15 is 0 Å². The minimum absolute atomic E-state index is 0.132. The Hall–Kier alpha value is -2.14. The first-order valence-corrected chi connectivity index (χ1v) is 6.30. The molecular weight excluding hydrogens is 242 g/mol. The number of hydrogen-bond donors (Lipinski definition) is 2. The molecule has 3 rings (SSSR count). The summed E-state index contributed by atoms with van der Waals surface area (Å²) in [5.74, 6) is 0.996. The molecule has 1 aromatic heterocycles. The predicted octanol–water partition coefficient (Wildman–Crippen LogP) is 1.88. The van der Waals surface area contributed by atoms with Crippen LogP contribution in [0.2, 0.25) is 0 Å². The van der Waals surface area contributed by atoms with Crippen molar-refractivity contribution in [3.63, 3.8) is 0 Å². The van der Waals surface area contributed by atoms with Crippen LogP contribution >= 0.6 is 0 Å². The van der Waals surface area contributed by atoms with Gasteiger partial charge in [0.05, 0.1) is 0 Å². The minimum atomic E-state index is -0.132. The van der Waals surface area contributed by atoms with Gasteiger partial charge in [0, 0.05) is 18.2 Å². The molecule has 2 N–H and O–H groups in total. The summed E-state index contributed by atoms with van der Waals surface area (Å²) < 4.78 is 4.94. The number of hydrogen-bond acceptors (Lipinski definition) is 4. The fourth-order valence-corrected chi connectivity index (χ4v) is 2.35. The van der Waals surface area contributed by atoms with Gasteiger partial charge in [0.25, 0.3) is 5.91 Å². The average molecular weight is 257 g/mol. The molecule has 0 unspecified atom stereocenters. The summed E-state index contributed by atoms with van der Waals surface area (Å²) in [5.41, 5.74) is 3.04. The highest BCUT2D eigenvalue weighted by Crippen LogP contribution is 2.20. The lowest BCUT2D eigenvalue weighted by atomic mass is 9.95. The lowest BCUT2D eigenvalue weighted by molar-refractivity contribution is 0.102. The van der Waals surface area contributed by atoms with Crippen molar-refractivity contribution < 1.29 is 9.32 Å². The van der Waals surface area contributed by atoms with Crippen molar-refractivity contribution >= 4 is 11.7 Å². The summed E-state index contributed by atoms with van der Waals surface area (Å²) in [6.45, 7) is 3.51. The van der Waals surface area contributed by atoms with Crippen LogP contribution in [0.1, 0.15) is 27.2 Å². The van der Waals surface area contributed by atoms with E-state index in [1.807, 2.05) is 12.1 Å². The molecule has 0 saturated carbocycles. The maximum atomic E-state index is 12.3. The van der Waals surface area contributed by atoms with Crippen LogP contribution in [0.5, 0.6) is 0 Å². The van der Waals surface area contributed by atoms with E-state index in [1.54, 1.807) is 13.0 Å². The van der Waals surface area contributed by atoms with Gasteiger partial charge in [-0.15, -0.1) is 0 Å². The van der Waals surface area contributed by atoms with E-state index in [0.29, 0.717) is 11.6 Å². The number of fused-ring (bicyclic) bond motifs is 1. The van der Waals surface area contributed by atoms with E-state index in [9.17, 15) is 4.79 Å². The van der Waals surface area contributed by atoms with Gasteiger partial charge in [0.2, 0.25) is 0 Å². The second-order valence-corrected chi connectivity index (χ2v) is 4.65. The van der Waals surface area contributed by atoms with Gasteiger partial charge < -0.3 is 15.2 Å². The Balaban J connectivity index is 1.87. The summed E-state index contributed by atoms with van der Waals surface area (Å²) in [4.78, 5) is 12.3. The third-order valence-corrected chi connectivity index (χ3v) is 3.25. The SMILES string of the molecule is Cc1cc(NC(=O)c2cccc3c2CCNC3)no1. The number of aryl methyl sites for hydroxylation is 1. The number of anilines is 1. The van der Waals surface area contributed by atoms with Crippen LogP contribution in [0, 0.1) is 6.92 Å². The number of amides is 1. The van der Waals surface area contributed by atoms with Gasteiger partial charge in [-0.1, -0.05) is 17.3 Å². The molecule has 0 spiro atoms. The largest absolute Gasteiger partial charge is 0.360 e. The third kappa shape index (κ3) is 2.37. The molecule has 0 aliphatic carbocycles. The first kappa shape index (κ1) is 11.9. The van der Waals surface area contributed by atoms with Crippen molar-refractivity contribution in [2.75, 3.05) is 11.9 Å². The van der Waals surface area contributed by atoms with Crippen LogP contribution in [0.25, 0.3) is 0 Å². The molecule has 1 aromatic carbocycles. The number of nitrogens with zero attached hydrogens (tertiary/aromatic N) is 1. The molecule has 2 aromatic rings. The predicted molar refractivity (Wildman–Crippen MR) is 71.0 cm³/mol. The molecule has 5 heteroatoms. The van der Waals surface area contributed by atoms with Crippen LogP contribution in [0.3, 0.4) is 0 Å². The average Bonchev–Trinajstić information content (AvgIpc) is 2.83. The second kappa shape index (κ2) is 4.85. The number of aromatic nitrogens is 1. The molecule has 2 heterocycles. The molecule has 1 aliphatic heterocycles. The monoisotopic (exact) mass is 257 g/mol. The van der Waals surface area contributed by atoms with Crippen molar-refractivity contribution in [3.05, 3.63) is 46.7 Å². The van der Waals surface area contributed by atoms with Gasteiger partial charge in [0.15, 0.2) is 5.82 Å². The van der Waals surface area contributed by atoms with Gasteiger partial charge >= 0.3 is 0 Å². The first-order valence-electron chi connectivity index (χ1n) is 6.30. The van der Waals surface area contributed by atoms with Crippen molar-refractivity contribution in [1.82, 2.24) is 10.5 Å². The molecule has 0 saturated heterocycles. The lowest BCUT2D eigenvalue weighted by Gasteiger charge is -2.19. The third-order valence-electron chi connectivity index (χ3n) is 3.25. The molecule has 0 atom stereocenters. The van der Waals surface area contributed by atoms with E-state index in [4.69, 9.17) is 4.52 Å². The standard InChI is InChI=1S/C14H15N3O2/c1-9-7-13(17-19-9)16-14(18)12-4-2-3-10-8-15-6-5-11(10)12/h2-4,7,15H,5-6,8H2,1H3,(H,16,17,18). The normalized spacial score (nSPS) is 13.9. The van der Waals surface area contributed by atoms with E-state index in [1.165, 1.54) is 5.56 Å². The fraction of sp³-hybridized carbons (Fsp3) is 0.286. The molecule has 0 radical (unpaired) electrons. The second-order valence-electron chi connectivity index (χ2n) is 4.65. The van der Waals surface area contributed by atoms with E-state index < -0.39 is 0 Å². The smallest absolute Gasteiger partial charge is 0.257 e. The highest BCUT2D eigenvalue weighted by Gasteiger charge is 2.17. The van der Waals surface area contributed by atoms with Crippen molar-refractivity contribution in [1.29, 1.82) is 0 Å². The Morgan fingerprint density at radius 2 is 2.37 bits per heavy atom. The number of rotatable bonds is 2. The Labute approximate surface area is 111 Å². The molecule has 5 nitrogen and oxygen atoms in total. The summed E-state index contributed by atoms with van der Waals surface area (Å²) in [6, 6.07) is 7.52. The maximum absolute atomic E-state index is 12.3. The molecule has 0 fully saturated rings. The zero-order chi connectivity index (χ0) is 13.2. The van der Waals surface area contributed by atoms with Crippen molar-refractivity contribution in [2.24, 2.45) is 0 Å². The van der Waals surface area contributed by atoms with Crippen molar-refractivity contribution in [3.8, 4) is 0 Å². The van der Waals surface area contributed by atoms with E-state index in [-0.39, 0.29) is 5.91 Å². The van der Waals surface area contributed by atoms with Crippen molar-refractivity contribution in [2.45, 2.75) is 19.9 Å². The maximum Gasteiger partial charge on any atom is 0.257 e. The molecular formula is C14H15N3O2. The van der Waals surface area contributed by atoms with Gasteiger partial charge in [-0.25, -0.2) is 0 Å². The Morgan fingerprint density at radius 1 is 1.47 bits per heavy atom. The Morgan fingerprint density at radius 3 is 3.16 bits per heavy atom. The number of nitrogens with one attached hydrogen (secondary N) is 2. The topological polar surface area (TPSA) is 67.2 Å². The van der Waals surface area contributed by atoms with Crippen LogP contribution in [-0.2, 0) is 13.0 Å². The van der Waals surface area contributed by atoms with E-state index in [2.05, 4.69) is 21.9 Å². The van der Waals surface area contributed by atoms with Gasteiger partial charge in [-0.3, -0.25) is 4.79 Å². The molecule has 1 amide bonds. The minimum Gasteiger partial charge on any atom is -0.360 e. The summed E-state index contributed by atoms with van der Waals surface area (Å²) >= 11 is 0. The quantitative estimate of drug-likeness (QED) is 0.862. The molecule has 19 heavy (non-hydrogen) atoms. The first-order chi connectivity index (χ1) is 9.24. The molecule has 98 valence electrons. The molecule has 0 bridgehead atoms. The van der Waals surface area contributed by atoms with Crippen LogP contribution in [-0.4, -0.2) is 17.6 Å². The summed E-state index contributed by atoms with van der Waals surface area (Å²) in [6.07, 6.45) is 0.872. The highest BCUT2D eigenvalue weighted by atomic mass is 16.5. The number of carbonyl (C=O) groups is 1. The Bertz CT molecular complexity index is 619. The Kier molecular flexibility index (Phi) is 3.05. The zero-order valence-electron chi connectivity index (χ0n) is 10.7. The highest BCUT2D eigenvalue weighted by molar-refractivity contribution is 6.05. The number of benzene rings is 1.